The second kappa shape index (κ2) is 8.82. The van der Waals surface area contributed by atoms with Gasteiger partial charge < -0.3 is 19.1 Å². The minimum Gasteiger partial charge on any atom is -0.467 e. The molecule has 1 aliphatic rings. The van der Waals surface area contributed by atoms with E-state index >= 15 is 0 Å². The van der Waals surface area contributed by atoms with Crippen LogP contribution in [0, 0.1) is 0 Å². The summed E-state index contributed by atoms with van der Waals surface area (Å²) >= 11 is 0. The van der Waals surface area contributed by atoms with E-state index in [-0.39, 0.29) is 30.2 Å². The minimum absolute atomic E-state index is 0.136. The molecule has 3 aromatic rings. The van der Waals surface area contributed by atoms with Crippen LogP contribution in [0.2, 0.25) is 0 Å². The molecule has 6 heteroatoms. The zero-order valence-electron chi connectivity index (χ0n) is 16.1. The number of benzene rings is 1. The Balaban J connectivity index is 1.68. The first-order valence-corrected chi connectivity index (χ1v) is 9.94. The van der Waals surface area contributed by atoms with Crippen LogP contribution in [0.15, 0.2) is 76.0 Å². The lowest BCUT2D eigenvalue weighted by Gasteiger charge is -2.30. The van der Waals surface area contributed by atoms with Crippen LogP contribution < -0.4 is 5.32 Å². The van der Waals surface area contributed by atoms with Crippen LogP contribution in [0.1, 0.15) is 53.6 Å². The van der Waals surface area contributed by atoms with Crippen molar-refractivity contribution in [3.05, 3.63) is 84.2 Å². The van der Waals surface area contributed by atoms with Crippen LogP contribution in [-0.2, 0) is 11.3 Å². The highest BCUT2D eigenvalue weighted by atomic mass is 16.3. The highest BCUT2D eigenvalue weighted by molar-refractivity contribution is 5.95. The summed E-state index contributed by atoms with van der Waals surface area (Å²) in [6.07, 6.45) is 7.10. The second-order valence-electron chi connectivity index (χ2n) is 7.30. The van der Waals surface area contributed by atoms with Crippen molar-refractivity contribution in [2.45, 2.75) is 44.3 Å². The molecule has 0 spiro atoms. The summed E-state index contributed by atoms with van der Waals surface area (Å²) < 4.78 is 10.9. The Labute approximate surface area is 169 Å². The highest BCUT2D eigenvalue weighted by Crippen LogP contribution is 2.28. The maximum Gasteiger partial charge on any atom is 0.290 e. The van der Waals surface area contributed by atoms with Gasteiger partial charge in [-0.3, -0.25) is 9.59 Å². The lowest BCUT2D eigenvalue weighted by atomic mass is 10.1. The number of hydrogen-bond donors (Lipinski definition) is 1. The van der Waals surface area contributed by atoms with Crippen LogP contribution >= 0.6 is 0 Å². The average molecular weight is 392 g/mol. The third kappa shape index (κ3) is 4.42. The fourth-order valence-corrected chi connectivity index (χ4v) is 3.82. The zero-order chi connectivity index (χ0) is 20.1. The van der Waals surface area contributed by atoms with E-state index in [1.165, 1.54) is 17.4 Å². The van der Waals surface area contributed by atoms with E-state index in [9.17, 15) is 9.59 Å². The van der Waals surface area contributed by atoms with Gasteiger partial charge in [0, 0.05) is 12.6 Å². The maximum absolute atomic E-state index is 13.3. The number of amides is 2. The lowest BCUT2D eigenvalue weighted by molar-refractivity contribution is -0.127. The SMILES string of the molecule is O=C(NC1CCCC1)[C@H](c1ccco1)N(Cc1ccccc1)C(=O)c1ccco1. The maximum atomic E-state index is 13.3. The van der Waals surface area contributed by atoms with Gasteiger partial charge in [-0.25, -0.2) is 0 Å². The molecule has 1 aliphatic carbocycles. The largest absolute Gasteiger partial charge is 0.467 e. The van der Waals surface area contributed by atoms with Crippen LogP contribution in [0.4, 0.5) is 0 Å². The van der Waals surface area contributed by atoms with Gasteiger partial charge in [0.2, 0.25) is 0 Å². The molecule has 1 saturated carbocycles. The van der Waals surface area contributed by atoms with Gasteiger partial charge in [0.05, 0.1) is 12.5 Å². The molecule has 1 aromatic carbocycles. The van der Waals surface area contributed by atoms with Crippen LogP contribution in [0.5, 0.6) is 0 Å². The predicted octanol–water partition coefficient (Wildman–Crippen LogP) is 4.32. The van der Waals surface area contributed by atoms with Gasteiger partial charge >= 0.3 is 0 Å². The molecule has 4 rings (SSSR count). The number of rotatable bonds is 7. The second-order valence-corrected chi connectivity index (χ2v) is 7.30. The molecule has 6 nitrogen and oxygen atoms in total. The van der Waals surface area contributed by atoms with Crippen LogP contribution in [0.3, 0.4) is 0 Å². The number of nitrogens with zero attached hydrogens (tertiary/aromatic N) is 1. The number of carbonyl (C=O) groups is 2. The molecule has 0 saturated heterocycles. The summed E-state index contributed by atoms with van der Waals surface area (Å²) in [6, 6.07) is 15.6. The quantitative estimate of drug-likeness (QED) is 0.650. The van der Waals surface area contributed by atoms with Crippen molar-refractivity contribution in [1.29, 1.82) is 0 Å². The summed E-state index contributed by atoms with van der Waals surface area (Å²) in [5, 5.41) is 3.11. The van der Waals surface area contributed by atoms with E-state index in [0.29, 0.717) is 5.76 Å². The molecule has 1 atom stereocenters. The summed E-state index contributed by atoms with van der Waals surface area (Å²) in [4.78, 5) is 28.1. The molecule has 2 heterocycles. The molecule has 2 amide bonds. The van der Waals surface area contributed by atoms with Gasteiger partial charge in [0.1, 0.15) is 5.76 Å². The summed E-state index contributed by atoms with van der Waals surface area (Å²) in [7, 11) is 0. The standard InChI is InChI=1S/C23H24N2O4/c26-22(24-18-10-4-5-11-18)21(19-12-6-14-28-19)25(16-17-8-2-1-3-9-17)23(27)20-13-7-15-29-20/h1-3,6-9,12-15,18,21H,4-5,10-11,16H2,(H,24,26)/t21-/m0/s1. The molecule has 150 valence electrons. The molecular formula is C23H24N2O4. The topological polar surface area (TPSA) is 75.7 Å². The van der Waals surface area contributed by atoms with Crippen molar-refractivity contribution in [2.24, 2.45) is 0 Å². The van der Waals surface area contributed by atoms with E-state index in [1.54, 1.807) is 24.3 Å². The molecular weight excluding hydrogens is 368 g/mol. The molecule has 1 N–H and O–H groups in total. The van der Waals surface area contributed by atoms with E-state index in [1.807, 2.05) is 30.3 Å². The van der Waals surface area contributed by atoms with Gasteiger partial charge in [0.25, 0.3) is 11.8 Å². The first kappa shape index (κ1) is 19.1. The monoisotopic (exact) mass is 392 g/mol. The Morgan fingerprint density at radius 2 is 1.69 bits per heavy atom. The number of nitrogens with one attached hydrogen (secondary N) is 1. The van der Waals surface area contributed by atoms with Crippen molar-refractivity contribution in [3.8, 4) is 0 Å². The normalized spacial score (nSPS) is 15.2. The number of hydrogen-bond acceptors (Lipinski definition) is 4. The summed E-state index contributed by atoms with van der Waals surface area (Å²) in [5.74, 6) is 0.0204. The van der Waals surface area contributed by atoms with E-state index in [4.69, 9.17) is 8.83 Å². The third-order valence-electron chi connectivity index (χ3n) is 5.26. The van der Waals surface area contributed by atoms with E-state index < -0.39 is 6.04 Å². The zero-order valence-corrected chi connectivity index (χ0v) is 16.1. The van der Waals surface area contributed by atoms with E-state index in [0.717, 1.165) is 31.2 Å². The van der Waals surface area contributed by atoms with E-state index in [2.05, 4.69) is 5.32 Å². The number of carbonyl (C=O) groups excluding carboxylic acids is 2. The van der Waals surface area contributed by atoms with Crippen molar-refractivity contribution < 1.29 is 18.4 Å². The third-order valence-corrected chi connectivity index (χ3v) is 5.26. The average Bonchev–Trinajstić information content (AvgIpc) is 3.51. The fourth-order valence-electron chi connectivity index (χ4n) is 3.82. The molecule has 0 bridgehead atoms. The van der Waals surface area contributed by atoms with Crippen LogP contribution in [0.25, 0.3) is 0 Å². The Hall–Kier alpha value is -3.28. The summed E-state index contributed by atoms with van der Waals surface area (Å²) in [5.41, 5.74) is 0.914. The molecule has 2 aromatic heterocycles. The lowest BCUT2D eigenvalue weighted by Crippen LogP contribution is -2.45. The molecule has 29 heavy (non-hydrogen) atoms. The number of furan rings is 2. The first-order chi connectivity index (χ1) is 14.2. The highest BCUT2D eigenvalue weighted by Gasteiger charge is 2.36. The first-order valence-electron chi connectivity index (χ1n) is 9.94. The van der Waals surface area contributed by atoms with Crippen molar-refractivity contribution in [2.75, 3.05) is 0 Å². The van der Waals surface area contributed by atoms with Crippen molar-refractivity contribution >= 4 is 11.8 Å². The predicted molar refractivity (Wildman–Crippen MR) is 107 cm³/mol. The molecule has 1 fully saturated rings. The molecule has 0 radical (unpaired) electrons. The van der Waals surface area contributed by atoms with Crippen molar-refractivity contribution in [3.63, 3.8) is 0 Å². The van der Waals surface area contributed by atoms with Gasteiger partial charge in [-0.2, -0.15) is 0 Å². The van der Waals surface area contributed by atoms with Crippen LogP contribution in [-0.4, -0.2) is 22.8 Å². The Kier molecular flexibility index (Phi) is 5.79. The molecule has 0 aliphatic heterocycles. The Morgan fingerprint density at radius 1 is 0.966 bits per heavy atom. The Bertz CT molecular complexity index is 913. The van der Waals surface area contributed by atoms with Gasteiger partial charge in [-0.1, -0.05) is 43.2 Å². The van der Waals surface area contributed by atoms with Gasteiger partial charge in [-0.05, 0) is 42.7 Å². The van der Waals surface area contributed by atoms with Gasteiger partial charge in [0.15, 0.2) is 11.8 Å². The fraction of sp³-hybridized carbons (Fsp3) is 0.304. The minimum atomic E-state index is -0.886. The summed E-state index contributed by atoms with van der Waals surface area (Å²) in [6.45, 7) is 0.254. The smallest absolute Gasteiger partial charge is 0.290 e. The molecule has 0 unspecified atom stereocenters. The Morgan fingerprint density at radius 3 is 2.34 bits per heavy atom. The van der Waals surface area contributed by atoms with Crippen molar-refractivity contribution in [1.82, 2.24) is 10.2 Å². The van der Waals surface area contributed by atoms with Gasteiger partial charge in [-0.15, -0.1) is 0 Å².